The maximum absolute atomic E-state index is 13.3. The minimum atomic E-state index is -0.834. The number of thiophene rings is 1. The van der Waals surface area contributed by atoms with E-state index >= 15 is 0 Å². The van der Waals surface area contributed by atoms with Gasteiger partial charge in [0.15, 0.2) is 0 Å². The van der Waals surface area contributed by atoms with Gasteiger partial charge in [0, 0.05) is 10.4 Å². The molecule has 0 aliphatic heterocycles. The smallest absolute Gasteiger partial charge is 0.329 e. The third-order valence-electron chi connectivity index (χ3n) is 4.93. The zero-order valence-corrected chi connectivity index (χ0v) is 17.3. The van der Waals surface area contributed by atoms with Crippen LogP contribution < -0.4 is 5.56 Å². The number of carbonyl (C=O) groups excluding carboxylic acids is 1. The first-order chi connectivity index (χ1) is 14.5. The van der Waals surface area contributed by atoms with E-state index in [0.29, 0.717) is 15.8 Å². The summed E-state index contributed by atoms with van der Waals surface area (Å²) in [6, 6.07) is 14.5. The van der Waals surface area contributed by atoms with E-state index in [9.17, 15) is 14.0 Å². The molecule has 0 bridgehead atoms. The highest BCUT2D eigenvalue weighted by Crippen LogP contribution is 2.35. The molecule has 7 heteroatoms. The van der Waals surface area contributed by atoms with Crippen molar-refractivity contribution in [3.05, 3.63) is 87.5 Å². The summed E-state index contributed by atoms with van der Waals surface area (Å²) >= 11 is 1.39. The van der Waals surface area contributed by atoms with Gasteiger partial charge in [0.1, 0.15) is 23.3 Å². The standard InChI is InChI=1S/C23H19FN2O3S/c1-14(23(28)29-12-16-6-4-3-5-7-16)26-13-25-21-20(22(26)27)19(15(2)30-21)17-8-10-18(24)11-9-17/h3-11,13-14H,12H2,1-2H3. The van der Waals surface area contributed by atoms with E-state index < -0.39 is 12.0 Å². The summed E-state index contributed by atoms with van der Waals surface area (Å²) in [5.41, 5.74) is 1.99. The van der Waals surface area contributed by atoms with Crippen molar-refractivity contribution in [2.24, 2.45) is 0 Å². The van der Waals surface area contributed by atoms with Crippen LogP contribution in [0.3, 0.4) is 0 Å². The van der Waals surface area contributed by atoms with E-state index in [1.165, 1.54) is 34.4 Å². The van der Waals surface area contributed by atoms with Crippen LogP contribution in [0.25, 0.3) is 21.3 Å². The van der Waals surface area contributed by atoms with E-state index in [1.807, 2.05) is 37.3 Å². The maximum Gasteiger partial charge on any atom is 0.329 e. The average molecular weight is 422 g/mol. The van der Waals surface area contributed by atoms with Crippen molar-refractivity contribution in [2.45, 2.75) is 26.5 Å². The number of aromatic nitrogens is 2. The van der Waals surface area contributed by atoms with Gasteiger partial charge in [0.25, 0.3) is 5.56 Å². The lowest BCUT2D eigenvalue weighted by atomic mass is 10.0. The van der Waals surface area contributed by atoms with Crippen LogP contribution in [-0.2, 0) is 16.1 Å². The third-order valence-corrected chi connectivity index (χ3v) is 5.94. The van der Waals surface area contributed by atoms with Crippen LogP contribution in [0.15, 0.2) is 65.7 Å². The van der Waals surface area contributed by atoms with E-state index in [-0.39, 0.29) is 18.0 Å². The lowest BCUT2D eigenvalue weighted by Crippen LogP contribution is -2.29. The summed E-state index contributed by atoms with van der Waals surface area (Å²) < 4.78 is 20.0. The SMILES string of the molecule is Cc1sc2ncn(C(C)C(=O)OCc3ccccc3)c(=O)c2c1-c1ccc(F)cc1. The number of benzene rings is 2. The van der Waals surface area contributed by atoms with Crippen LogP contribution in [-0.4, -0.2) is 15.5 Å². The Labute approximate surface area is 176 Å². The molecule has 0 amide bonds. The lowest BCUT2D eigenvalue weighted by Gasteiger charge is -2.14. The van der Waals surface area contributed by atoms with E-state index in [2.05, 4.69) is 4.98 Å². The number of halogens is 1. The van der Waals surface area contributed by atoms with Crippen LogP contribution in [0.5, 0.6) is 0 Å². The number of fused-ring (bicyclic) bond motifs is 1. The maximum atomic E-state index is 13.3. The first-order valence-corrected chi connectivity index (χ1v) is 10.2. The fourth-order valence-electron chi connectivity index (χ4n) is 3.32. The first-order valence-electron chi connectivity index (χ1n) is 9.42. The van der Waals surface area contributed by atoms with Gasteiger partial charge < -0.3 is 4.74 Å². The molecule has 4 aromatic rings. The minimum Gasteiger partial charge on any atom is -0.459 e. The Morgan fingerprint density at radius 1 is 1.17 bits per heavy atom. The third kappa shape index (κ3) is 3.76. The van der Waals surface area contributed by atoms with Gasteiger partial charge in [-0.05, 0) is 37.1 Å². The number of nitrogens with zero attached hydrogens (tertiary/aromatic N) is 2. The summed E-state index contributed by atoms with van der Waals surface area (Å²) in [6.07, 6.45) is 1.38. The second-order valence-electron chi connectivity index (χ2n) is 6.95. The number of carbonyl (C=O) groups is 1. The monoisotopic (exact) mass is 422 g/mol. The Bertz CT molecular complexity index is 1260. The molecule has 0 N–H and O–H groups in total. The zero-order chi connectivity index (χ0) is 21.3. The largest absolute Gasteiger partial charge is 0.459 e. The van der Waals surface area contributed by atoms with Crippen LogP contribution in [0.1, 0.15) is 23.4 Å². The highest BCUT2D eigenvalue weighted by Gasteiger charge is 2.22. The number of ether oxygens (including phenoxy) is 1. The normalized spacial score (nSPS) is 12.1. The van der Waals surface area contributed by atoms with Crippen molar-refractivity contribution in [3.8, 4) is 11.1 Å². The average Bonchev–Trinajstić information content (AvgIpc) is 3.10. The molecular formula is C23H19FN2O3S. The molecule has 0 radical (unpaired) electrons. The quantitative estimate of drug-likeness (QED) is 0.430. The molecule has 152 valence electrons. The van der Waals surface area contributed by atoms with Crippen molar-refractivity contribution in [1.82, 2.24) is 9.55 Å². The second-order valence-corrected chi connectivity index (χ2v) is 8.15. The van der Waals surface area contributed by atoms with E-state index in [1.54, 1.807) is 19.1 Å². The minimum absolute atomic E-state index is 0.132. The zero-order valence-electron chi connectivity index (χ0n) is 16.5. The molecule has 1 unspecified atom stereocenters. The number of esters is 1. The van der Waals surface area contributed by atoms with Crippen molar-refractivity contribution in [3.63, 3.8) is 0 Å². The van der Waals surface area contributed by atoms with Gasteiger partial charge >= 0.3 is 5.97 Å². The molecular weight excluding hydrogens is 403 g/mol. The Balaban J connectivity index is 1.69. The predicted molar refractivity (Wildman–Crippen MR) is 115 cm³/mol. The van der Waals surface area contributed by atoms with Crippen LogP contribution in [0.4, 0.5) is 4.39 Å². The summed E-state index contributed by atoms with van der Waals surface area (Å²) in [7, 11) is 0. The van der Waals surface area contributed by atoms with Gasteiger partial charge in [-0.25, -0.2) is 14.2 Å². The fourth-order valence-corrected chi connectivity index (χ4v) is 4.32. The summed E-state index contributed by atoms with van der Waals surface area (Å²) in [5, 5.41) is 0.425. The molecule has 2 heterocycles. The molecule has 2 aromatic carbocycles. The number of aryl methyl sites for hydroxylation is 1. The first kappa shape index (κ1) is 20.0. The van der Waals surface area contributed by atoms with Crippen molar-refractivity contribution in [2.75, 3.05) is 0 Å². The number of hydrogen-bond donors (Lipinski definition) is 0. The topological polar surface area (TPSA) is 61.2 Å². The Kier molecular flexibility index (Phi) is 5.46. The van der Waals surface area contributed by atoms with Crippen LogP contribution in [0.2, 0.25) is 0 Å². The molecule has 0 fully saturated rings. The van der Waals surface area contributed by atoms with Gasteiger partial charge in [-0.3, -0.25) is 9.36 Å². The summed E-state index contributed by atoms with van der Waals surface area (Å²) in [6.45, 7) is 3.64. The Hall–Kier alpha value is -3.32. The highest BCUT2D eigenvalue weighted by atomic mass is 32.1. The molecule has 0 saturated heterocycles. The van der Waals surface area contributed by atoms with Crippen molar-refractivity contribution < 1.29 is 13.9 Å². The predicted octanol–water partition coefficient (Wildman–Crippen LogP) is 4.88. The second kappa shape index (κ2) is 8.20. The molecule has 1 atom stereocenters. The van der Waals surface area contributed by atoms with E-state index in [4.69, 9.17) is 4.74 Å². The van der Waals surface area contributed by atoms with Crippen LogP contribution >= 0.6 is 11.3 Å². The summed E-state index contributed by atoms with van der Waals surface area (Å²) in [5.74, 6) is -0.862. The van der Waals surface area contributed by atoms with Gasteiger partial charge in [0.2, 0.25) is 0 Å². The molecule has 0 saturated carbocycles. The van der Waals surface area contributed by atoms with Gasteiger partial charge in [0.05, 0.1) is 11.7 Å². The molecule has 0 aliphatic carbocycles. The van der Waals surface area contributed by atoms with Crippen molar-refractivity contribution in [1.29, 1.82) is 0 Å². The molecule has 0 spiro atoms. The molecule has 30 heavy (non-hydrogen) atoms. The lowest BCUT2D eigenvalue weighted by molar-refractivity contribution is -0.148. The molecule has 4 rings (SSSR count). The van der Waals surface area contributed by atoms with Gasteiger partial charge in [-0.2, -0.15) is 0 Å². The summed E-state index contributed by atoms with van der Waals surface area (Å²) in [4.78, 5) is 31.7. The molecule has 0 aliphatic rings. The van der Waals surface area contributed by atoms with Gasteiger partial charge in [-0.1, -0.05) is 42.5 Å². The highest BCUT2D eigenvalue weighted by molar-refractivity contribution is 7.19. The molecule has 2 aromatic heterocycles. The van der Waals surface area contributed by atoms with Crippen LogP contribution in [0, 0.1) is 12.7 Å². The molecule has 5 nitrogen and oxygen atoms in total. The van der Waals surface area contributed by atoms with Crippen molar-refractivity contribution >= 4 is 27.5 Å². The Morgan fingerprint density at radius 3 is 2.57 bits per heavy atom. The fraction of sp³-hybridized carbons (Fsp3) is 0.174. The Morgan fingerprint density at radius 2 is 1.87 bits per heavy atom. The van der Waals surface area contributed by atoms with E-state index in [0.717, 1.165) is 16.0 Å². The van der Waals surface area contributed by atoms with Gasteiger partial charge in [-0.15, -0.1) is 11.3 Å². The number of rotatable bonds is 5. The number of hydrogen-bond acceptors (Lipinski definition) is 5.